The molecule has 0 aromatic heterocycles. The minimum absolute atomic E-state index is 0.132. The molecule has 1 fully saturated rings. The molecule has 3 nitrogen and oxygen atoms in total. The van der Waals surface area contributed by atoms with Gasteiger partial charge in [0.1, 0.15) is 0 Å². The van der Waals surface area contributed by atoms with Crippen molar-refractivity contribution in [3.8, 4) is 0 Å². The quantitative estimate of drug-likeness (QED) is 0.822. The van der Waals surface area contributed by atoms with Crippen LogP contribution in [0.1, 0.15) is 11.1 Å². The van der Waals surface area contributed by atoms with E-state index in [1.54, 1.807) is 0 Å². The summed E-state index contributed by atoms with van der Waals surface area (Å²) in [6.45, 7) is 1.91. The number of hydrogen-bond donors (Lipinski definition) is 1. The fourth-order valence-electron chi connectivity index (χ4n) is 2.01. The largest absolute Gasteiger partial charge is 0.300 e. The molecule has 0 unspecified atom stereocenters. The highest BCUT2D eigenvalue weighted by Gasteiger charge is 2.23. The molecule has 110 valence electrons. The third-order valence-corrected chi connectivity index (χ3v) is 4.53. The maximum absolute atomic E-state index is 12.0. The van der Waals surface area contributed by atoms with Crippen LogP contribution < -0.4 is 5.32 Å². The molecule has 1 saturated heterocycles. The molecular formula is C17H13ClN2OS. The molecule has 3 rings (SSSR count). The Labute approximate surface area is 138 Å². The Morgan fingerprint density at radius 3 is 2.68 bits per heavy atom. The molecule has 0 spiro atoms. The average molecular weight is 329 g/mol. The predicted octanol–water partition coefficient (Wildman–Crippen LogP) is 4.54. The molecule has 0 atom stereocenters. The molecule has 1 amide bonds. The fourth-order valence-corrected chi connectivity index (χ4v) is 3.01. The van der Waals surface area contributed by atoms with E-state index in [2.05, 4.69) is 10.3 Å². The second kappa shape index (κ2) is 6.38. The molecule has 0 bridgehead atoms. The van der Waals surface area contributed by atoms with Crippen LogP contribution in [0.2, 0.25) is 5.02 Å². The lowest BCUT2D eigenvalue weighted by Crippen LogP contribution is -2.19. The maximum atomic E-state index is 12.0. The lowest BCUT2D eigenvalue weighted by molar-refractivity contribution is -0.115. The molecule has 1 heterocycles. The summed E-state index contributed by atoms with van der Waals surface area (Å²) in [6.07, 6.45) is 1.85. The summed E-state index contributed by atoms with van der Waals surface area (Å²) in [4.78, 5) is 17.1. The van der Waals surface area contributed by atoms with E-state index in [0.29, 0.717) is 15.1 Å². The van der Waals surface area contributed by atoms with Crippen molar-refractivity contribution in [3.05, 3.63) is 69.6 Å². The van der Waals surface area contributed by atoms with Crippen LogP contribution in [0, 0.1) is 6.92 Å². The van der Waals surface area contributed by atoms with Gasteiger partial charge in [-0.25, -0.2) is 4.99 Å². The van der Waals surface area contributed by atoms with Crippen LogP contribution in [0.3, 0.4) is 0 Å². The molecule has 22 heavy (non-hydrogen) atoms. The SMILES string of the molecule is Cc1c(Cl)cccc1N=C1NC(=O)C(=Cc2ccccc2)S1. The monoisotopic (exact) mass is 328 g/mol. The van der Waals surface area contributed by atoms with Crippen molar-refractivity contribution in [3.63, 3.8) is 0 Å². The summed E-state index contributed by atoms with van der Waals surface area (Å²) >= 11 is 7.42. The summed E-state index contributed by atoms with van der Waals surface area (Å²) in [5.41, 5.74) is 2.64. The van der Waals surface area contributed by atoms with Gasteiger partial charge in [-0.15, -0.1) is 0 Å². The summed E-state index contributed by atoms with van der Waals surface area (Å²) < 4.78 is 0. The molecule has 2 aromatic rings. The van der Waals surface area contributed by atoms with E-state index in [0.717, 1.165) is 16.8 Å². The van der Waals surface area contributed by atoms with Gasteiger partial charge < -0.3 is 5.32 Å². The minimum atomic E-state index is -0.132. The second-order valence-electron chi connectivity index (χ2n) is 4.78. The third-order valence-electron chi connectivity index (χ3n) is 3.21. The van der Waals surface area contributed by atoms with Gasteiger partial charge in [0.2, 0.25) is 0 Å². The topological polar surface area (TPSA) is 41.5 Å². The summed E-state index contributed by atoms with van der Waals surface area (Å²) in [5, 5.41) is 4.01. The van der Waals surface area contributed by atoms with E-state index in [9.17, 15) is 4.79 Å². The number of nitrogens with one attached hydrogen (secondary N) is 1. The van der Waals surface area contributed by atoms with Gasteiger partial charge in [0, 0.05) is 5.02 Å². The molecule has 0 aliphatic carbocycles. The number of carbonyl (C=O) groups excluding carboxylic acids is 1. The Bertz CT molecular complexity index is 785. The number of halogens is 1. The molecule has 0 saturated carbocycles. The number of rotatable bonds is 2. The fraction of sp³-hybridized carbons (Fsp3) is 0.0588. The van der Waals surface area contributed by atoms with Gasteiger partial charge in [-0.3, -0.25) is 4.79 Å². The zero-order chi connectivity index (χ0) is 15.5. The Balaban J connectivity index is 1.87. The van der Waals surface area contributed by atoms with Gasteiger partial charge in [-0.05, 0) is 48.0 Å². The molecule has 1 aliphatic rings. The first-order valence-corrected chi connectivity index (χ1v) is 7.93. The minimum Gasteiger partial charge on any atom is -0.300 e. The van der Waals surface area contributed by atoms with Crippen LogP contribution >= 0.6 is 23.4 Å². The van der Waals surface area contributed by atoms with Crippen molar-refractivity contribution in [1.29, 1.82) is 0 Å². The number of carbonyl (C=O) groups is 1. The third kappa shape index (κ3) is 3.24. The lowest BCUT2D eigenvalue weighted by Gasteiger charge is -2.02. The zero-order valence-corrected chi connectivity index (χ0v) is 13.4. The Morgan fingerprint density at radius 2 is 1.91 bits per heavy atom. The Morgan fingerprint density at radius 1 is 1.14 bits per heavy atom. The Kier molecular flexibility index (Phi) is 4.32. The number of amides is 1. The highest BCUT2D eigenvalue weighted by Crippen LogP contribution is 2.30. The Hall–Kier alpha value is -2.04. The molecule has 1 N–H and O–H groups in total. The van der Waals surface area contributed by atoms with Crippen LogP contribution in [0.25, 0.3) is 6.08 Å². The van der Waals surface area contributed by atoms with Crippen LogP contribution in [0.15, 0.2) is 58.4 Å². The number of amidine groups is 1. The number of benzene rings is 2. The van der Waals surface area contributed by atoms with Gasteiger partial charge in [-0.2, -0.15) is 0 Å². The van der Waals surface area contributed by atoms with Gasteiger partial charge in [-0.1, -0.05) is 48.0 Å². The summed E-state index contributed by atoms with van der Waals surface area (Å²) in [6, 6.07) is 15.3. The van der Waals surface area contributed by atoms with Crippen molar-refractivity contribution >= 4 is 46.2 Å². The van der Waals surface area contributed by atoms with Crippen LogP contribution in [0.5, 0.6) is 0 Å². The average Bonchev–Trinajstić information content (AvgIpc) is 2.85. The van der Waals surface area contributed by atoms with Gasteiger partial charge >= 0.3 is 0 Å². The first-order chi connectivity index (χ1) is 10.6. The van der Waals surface area contributed by atoms with Crippen LogP contribution in [0.4, 0.5) is 5.69 Å². The first kappa shape index (κ1) is 14.9. The van der Waals surface area contributed by atoms with Crippen molar-refractivity contribution in [1.82, 2.24) is 5.32 Å². The highest BCUT2D eigenvalue weighted by atomic mass is 35.5. The van der Waals surface area contributed by atoms with Crippen molar-refractivity contribution in [2.45, 2.75) is 6.92 Å². The first-order valence-electron chi connectivity index (χ1n) is 6.73. The van der Waals surface area contributed by atoms with Gasteiger partial charge in [0.25, 0.3) is 5.91 Å². The van der Waals surface area contributed by atoms with E-state index in [1.807, 2.05) is 61.5 Å². The molecule has 2 aromatic carbocycles. The van der Waals surface area contributed by atoms with E-state index in [-0.39, 0.29) is 5.91 Å². The lowest BCUT2D eigenvalue weighted by atomic mass is 10.2. The molecular weight excluding hydrogens is 316 g/mol. The normalized spacial score (nSPS) is 18.0. The van der Waals surface area contributed by atoms with E-state index in [4.69, 9.17) is 11.6 Å². The second-order valence-corrected chi connectivity index (χ2v) is 6.21. The molecule has 0 radical (unpaired) electrons. The van der Waals surface area contributed by atoms with Gasteiger partial charge in [0.15, 0.2) is 5.17 Å². The number of hydrogen-bond acceptors (Lipinski definition) is 3. The maximum Gasteiger partial charge on any atom is 0.264 e. The van der Waals surface area contributed by atoms with E-state index < -0.39 is 0 Å². The number of nitrogens with zero attached hydrogens (tertiary/aromatic N) is 1. The molecule has 5 heteroatoms. The summed E-state index contributed by atoms with van der Waals surface area (Å²) in [5.74, 6) is -0.132. The highest BCUT2D eigenvalue weighted by molar-refractivity contribution is 8.18. The zero-order valence-electron chi connectivity index (χ0n) is 11.8. The van der Waals surface area contributed by atoms with Crippen molar-refractivity contribution < 1.29 is 4.79 Å². The van der Waals surface area contributed by atoms with E-state index in [1.165, 1.54) is 11.8 Å². The van der Waals surface area contributed by atoms with Gasteiger partial charge in [0.05, 0.1) is 10.6 Å². The predicted molar refractivity (Wildman–Crippen MR) is 93.4 cm³/mol. The van der Waals surface area contributed by atoms with Crippen molar-refractivity contribution in [2.24, 2.45) is 4.99 Å². The van der Waals surface area contributed by atoms with Crippen LogP contribution in [-0.4, -0.2) is 11.1 Å². The standard InChI is InChI=1S/C17H13ClN2OS/c1-11-13(18)8-5-9-14(11)19-17-20-16(21)15(22-17)10-12-6-3-2-4-7-12/h2-10H,1H3,(H,19,20,21). The smallest absolute Gasteiger partial charge is 0.264 e. The summed E-state index contributed by atoms with van der Waals surface area (Å²) in [7, 11) is 0. The van der Waals surface area contributed by atoms with Crippen LogP contribution in [-0.2, 0) is 4.79 Å². The van der Waals surface area contributed by atoms with Crippen molar-refractivity contribution in [2.75, 3.05) is 0 Å². The number of thioether (sulfide) groups is 1. The number of aliphatic imine (C=N–C) groups is 1. The molecule has 1 aliphatic heterocycles. The van der Waals surface area contributed by atoms with E-state index >= 15 is 0 Å².